The van der Waals surface area contributed by atoms with Gasteiger partial charge in [0.2, 0.25) is 0 Å². The Balaban J connectivity index is 1.85. The molecule has 0 unspecified atom stereocenters. The van der Waals surface area contributed by atoms with Gasteiger partial charge in [-0.1, -0.05) is 6.07 Å². The van der Waals surface area contributed by atoms with Gasteiger partial charge in [0, 0.05) is 0 Å². The molecular formula is C16H9N3O4. The summed E-state index contributed by atoms with van der Waals surface area (Å²) in [5.41, 5.74) is 2.01. The van der Waals surface area contributed by atoms with Gasteiger partial charge in [0.1, 0.15) is 0 Å². The molecular weight excluding hydrogens is 298 g/mol. The van der Waals surface area contributed by atoms with Crippen molar-refractivity contribution in [2.24, 2.45) is 0 Å². The largest absolute Gasteiger partial charge is 0.478 e. The fraction of sp³-hybridized carbons (Fsp3) is 0. The highest BCUT2D eigenvalue weighted by molar-refractivity contribution is 6.35. The van der Waals surface area contributed by atoms with E-state index in [4.69, 9.17) is 5.11 Å². The van der Waals surface area contributed by atoms with Crippen LogP contribution in [0.1, 0.15) is 31.1 Å². The van der Waals surface area contributed by atoms with Crippen molar-refractivity contribution in [3.8, 4) is 0 Å². The molecule has 112 valence electrons. The number of aromatic carboxylic acids is 1. The highest BCUT2D eigenvalue weighted by atomic mass is 16.4. The molecule has 4 rings (SSSR count). The second-order valence-electron chi connectivity index (χ2n) is 5.12. The van der Waals surface area contributed by atoms with Crippen LogP contribution in [-0.2, 0) is 0 Å². The maximum absolute atomic E-state index is 12.6. The molecule has 3 aromatic rings. The lowest BCUT2D eigenvalue weighted by Crippen LogP contribution is -2.29. The van der Waals surface area contributed by atoms with Gasteiger partial charge in [0.15, 0.2) is 0 Å². The Morgan fingerprint density at radius 1 is 1.09 bits per heavy atom. The Morgan fingerprint density at radius 3 is 2.57 bits per heavy atom. The van der Waals surface area contributed by atoms with Crippen LogP contribution in [0, 0.1) is 0 Å². The minimum absolute atomic E-state index is 0.00724. The predicted octanol–water partition coefficient (Wildman–Crippen LogP) is 2.06. The van der Waals surface area contributed by atoms with Crippen molar-refractivity contribution in [2.45, 2.75) is 0 Å². The first-order valence-electron chi connectivity index (χ1n) is 6.75. The number of carboxylic acids is 1. The third-order valence-electron chi connectivity index (χ3n) is 3.78. The molecule has 1 aliphatic rings. The van der Waals surface area contributed by atoms with Gasteiger partial charge in [-0.15, -0.1) is 0 Å². The Morgan fingerprint density at radius 2 is 1.83 bits per heavy atom. The summed E-state index contributed by atoms with van der Waals surface area (Å²) >= 11 is 0. The van der Waals surface area contributed by atoms with Crippen LogP contribution in [0.25, 0.3) is 11.0 Å². The van der Waals surface area contributed by atoms with Gasteiger partial charge < -0.3 is 10.1 Å². The molecule has 0 saturated heterocycles. The van der Waals surface area contributed by atoms with Crippen molar-refractivity contribution in [1.29, 1.82) is 0 Å². The number of carbonyl (C=O) groups is 3. The molecule has 0 fully saturated rings. The zero-order valence-electron chi connectivity index (χ0n) is 11.6. The number of hydrogen-bond acceptors (Lipinski definition) is 4. The Kier molecular flexibility index (Phi) is 2.59. The summed E-state index contributed by atoms with van der Waals surface area (Å²) in [7, 11) is 0. The normalized spacial score (nSPS) is 13.7. The summed E-state index contributed by atoms with van der Waals surface area (Å²) in [5.74, 6) is -2.09. The zero-order chi connectivity index (χ0) is 16.1. The van der Waals surface area contributed by atoms with Crippen molar-refractivity contribution in [3.05, 3.63) is 59.4 Å². The zero-order valence-corrected chi connectivity index (χ0v) is 11.6. The van der Waals surface area contributed by atoms with E-state index >= 15 is 0 Å². The minimum atomic E-state index is -1.12. The molecule has 0 saturated carbocycles. The molecule has 0 aliphatic carbocycles. The van der Waals surface area contributed by atoms with Gasteiger partial charge in [-0.05, 0) is 30.3 Å². The number of imidazole rings is 1. The lowest BCUT2D eigenvalue weighted by atomic mass is 10.1. The Labute approximate surface area is 129 Å². The lowest BCUT2D eigenvalue weighted by Gasteiger charge is -2.14. The number of imide groups is 1. The average Bonchev–Trinajstić information content (AvgIpc) is 3.09. The number of rotatable bonds is 2. The second-order valence-corrected chi connectivity index (χ2v) is 5.12. The summed E-state index contributed by atoms with van der Waals surface area (Å²) in [6, 6.07) is 8.86. The summed E-state index contributed by atoms with van der Waals surface area (Å²) < 4.78 is 0. The van der Waals surface area contributed by atoms with Crippen LogP contribution in [-0.4, -0.2) is 32.9 Å². The number of nitrogens with zero attached hydrogens (tertiary/aromatic N) is 2. The monoisotopic (exact) mass is 307 g/mol. The third-order valence-corrected chi connectivity index (χ3v) is 3.78. The number of aromatic amines is 1. The molecule has 1 aromatic heterocycles. The van der Waals surface area contributed by atoms with E-state index in [-0.39, 0.29) is 22.4 Å². The molecule has 2 aromatic carbocycles. The number of anilines is 1. The molecule has 0 spiro atoms. The number of aromatic nitrogens is 2. The van der Waals surface area contributed by atoms with Crippen molar-refractivity contribution in [3.63, 3.8) is 0 Å². The topological polar surface area (TPSA) is 103 Å². The summed E-state index contributed by atoms with van der Waals surface area (Å²) in [6.45, 7) is 0. The quantitative estimate of drug-likeness (QED) is 0.705. The molecule has 2 heterocycles. The van der Waals surface area contributed by atoms with E-state index in [9.17, 15) is 14.4 Å². The van der Waals surface area contributed by atoms with Crippen LogP contribution in [0.15, 0.2) is 42.7 Å². The van der Waals surface area contributed by atoms with E-state index in [0.717, 1.165) is 4.90 Å². The number of benzene rings is 2. The van der Waals surface area contributed by atoms with Gasteiger partial charge in [-0.25, -0.2) is 14.7 Å². The number of fused-ring (bicyclic) bond motifs is 2. The highest BCUT2D eigenvalue weighted by Gasteiger charge is 2.37. The first-order chi connectivity index (χ1) is 11.1. The smallest absolute Gasteiger partial charge is 0.335 e. The molecule has 7 heteroatoms. The molecule has 7 nitrogen and oxygen atoms in total. The first kappa shape index (κ1) is 13.2. The number of H-pyrrole nitrogens is 1. The van der Waals surface area contributed by atoms with Gasteiger partial charge in [-0.3, -0.25) is 9.59 Å². The van der Waals surface area contributed by atoms with Crippen molar-refractivity contribution >= 4 is 34.5 Å². The van der Waals surface area contributed by atoms with Crippen molar-refractivity contribution < 1.29 is 19.5 Å². The molecule has 1 aliphatic heterocycles. The summed E-state index contributed by atoms with van der Waals surface area (Å²) in [4.78, 5) is 44.2. The van der Waals surface area contributed by atoms with E-state index in [2.05, 4.69) is 9.97 Å². The van der Waals surface area contributed by atoms with E-state index in [0.29, 0.717) is 11.0 Å². The van der Waals surface area contributed by atoms with E-state index in [1.54, 1.807) is 12.1 Å². The van der Waals surface area contributed by atoms with E-state index < -0.39 is 17.8 Å². The van der Waals surface area contributed by atoms with E-state index in [1.807, 2.05) is 0 Å². The Bertz CT molecular complexity index is 955. The van der Waals surface area contributed by atoms with Gasteiger partial charge >= 0.3 is 5.97 Å². The van der Waals surface area contributed by atoms with Crippen LogP contribution >= 0.6 is 0 Å². The van der Waals surface area contributed by atoms with Crippen LogP contribution in [0.3, 0.4) is 0 Å². The Hall–Kier alpha value is -3.48. The van der Waals surface area contributed by atoms with Crippen LogP contribution in [0.5, 0.6) is 0 Å². The minimum Gasteiger partial charge on any atom is -0.478 e. The number of carboxylic acid groups (broad SMARTS) is 1. The van der Waals surface area contributed by atoms with Gasteiger partial charge in [-0.2, -0.15) is 0 Å². The first-order valence-corrected chi connectivity index (χ1v) is 6.75. The van der Waals surface area contributed by atoms with Gasteiger partial charge in [0.25, 0.3) is 11.8 Å². The van der Waals surface area contributed by atoms with Crippen LogP contribution in [0.2, 0.25) is 0 Å². The number of amides is 2. The molecule has 2 N–H and O–H groups in total. The standard InChI is InChI=1S/C16H9N3O4/c20-14-10-5-12-13(18-7-17-12)6-11(10)15(21)19(14)9-3-1-2-8(4-9)16(22)23/h1-7H,(H,17,18)(H,22,23). The highest BCUT2D eigenvalue weighted by Crippen LogP contribution is 2.31. The second kappa shape index (κ2) is 4.51. The van der Waals surface area contributed by atoms with E-state index in [1.165, 1.54) is 30.6 Å². The number of carbonyl (C=O) groups excluding carboxylic acids is 2. The SMILES string of the molecule is O=C(O)c1cccc(N2C(=O)c3cc4nc[nH]c4cc3C2=O)c1. The number of hydrogen-bond donors (Lipinski definition) is 2. The third kappa shape index (κ3) is 1.83. The predicted molar refractivity (Wildman–Crippen MR) is 80.6 cm³/mol. The molecule has 0 radical (unpaired) electrons. The molecule has 23 heavy (non-hydrogen) atoms. The van der Waals surface area contributed by atoms with Crippen molar-refractivity contribution in [1.82, 2.24) is 9.97 Å². The average molecular weight is 307 g/mol. The fourth-order valence-electron chi connectivity index (χ4n) is 2.68. The van der Waals surface area contributed by atoms with Crippen LogP contribution < -0.4 is 4.90 Å². The fourth-order valence-corrected chi connectivity index (χ4v) is 2.68. The molecule has 2 amide bonds. The maximum atomic E-state index is 12.6. The van der Waals surface area contributed by atoms with Gasteiger partial charge in [0.05, 0.1) is 39.7 Å². The molecule has 0 atom stereocenters. The lowest BCUT2D eigenvalue weighted by molar-refractivity contribution is 0.0695. The summed E-state index contributed by atoms with van der Waals surface area (Å²) in [5, 5.41) is 9.06. The maximum Gasteiger partial charge on any atom is 0.335 e. The van der Waals surface area contributed by atoms with Crippen LogP contribution in [0.4, 0.5) is 5.69 Å². The molecule has 0 bridgehead atoms. The van der Waals surface area contributed by atoms with Crippen molar-refractivity contribution in [2.75, 3.05) is 4.90 Å². The number of nitrogens with one attached hydrogen (secondary N) is 1. The summed E-state index contributed by atoms with van der Waals surface area (Å²) in [6.07, 6.45) is 1.49.